The van der Waals surface area contributed by atoms with Crippen LogP contribution in [0.15, 0.2) is 54.0 Å². The van der Waals surface area contributed by atoms with Gasteiger partial charge in [-0.1, -0.05) is 6.07 Å². The summed E-state index contributed by atoms with van der Waals surface area (Å²) in [5, 5.41) is 11.7. The number of ether oxygens (including phenoxy) is 2. The van der Waals surface area contributed by atoms with Crippen LogP contribution < -0.4 is 15.2 Å². The first-order valence-corrected chi connectivity index (χ1v) is 9.98. The highest BCUT2D eigenvalue weighted by Gasteiger charge is 2.17. The summed E-state index contributed by atoms with van der Waals surface area (Å²) in [7, 11) is 0. The van der Waals surface area contributed by atoms with E-state index in [9.17, 15) is 18.7 Å². The molecule has 9 heteroatoms. The lowest BCUT2D eigenvalue weighted by atomic mass is 10.1. The number of pyridine rings is 1. The molecule has 0 spiro atoms. The van der Waals surface area contributed by atoms with Crippen LogP contribution in [-0.4, -0.2) is 16.1 Å². The van der Waals surface area contributed by atoms with Gasteiger partial charge in [-0.05, 0) is 35.7 Å². The van der Waals surface area contributed by atoms with Gasteiger partial charge >= 0.3 is 5.97 Å². The van der Waals surface area contributed by atoms with E-state index in [0.29, 0.717) is 27.1 Å². The van der Waals surface area contributed by atoms with Crippen molar-refractivity contribution in [3.05, 3.63) is 82.4 Å². The molecule has 0 aliphatic heterocycles. The van der Waals surface area contributed by atoms with Gasteiger partial charge in [0.05, 0.1) is 10.3 Å². The maximum absolute atomic E-state index is 13.7. The molecule has 2 aromatic carbocycles. The van der Waals surface area contributed by atoms with E-state index in [4.69, 9.17) is 15.2 Å². The minimum Gasteiger partial charge on any atom is -0.489 e. The fraction of sp³-hybridized carbons (Fsp3) is 0.0909. The number of rotatable bonds is 7. The molecule has 0 radical (unpaired) electrons. The molecule has 0 saturated carbocycles. The van der Waals surface area contributed by atoms with Crippen LogP contribution in [0, 0.1) is 11.6 Å². The van der Waals surface area contributed by atoms with Crippen LogP contribution in [0.4, 0.5) is 14.6 Å². The van der Waals surface area contributed by atoms with E-state index in [1.54, 1.807) is 29.6 Å². The van der Waals surface area contributed by atoms with E-state index < -0.39 is 17.6 Å². The standard InChI is InChI=1S/C22H16F2N2O4S/c23-14-4-5-18(24)12(6-14)9-29-15-2-1-3-16(7-15)30-10-13-11-31-20-17(22(27)28)8-26-21(25)19(13)20/h1-8,11H,9-10H2,(H2,25,26)(H,27,28). The lowest BCUT2D eigenvalue weighted by molar-refractivity contribution is 0.0699. The molecular formula is C22H16F2N2O4S. The number of carboxylic acids is 1. The predicted octanol–water partition coefficient (Wildman–Crippen LogP) is 5.01. The average molecular weight is 442 g/mol. The highest BCUT2D eigenvalue weighted by molar-refractivity contribution is 7.17. The lowest BCUT2D eigenvalue weighted by Gasteiger charge is -2.10. The molecule has 4 aromatic rings. The fourth-order valence-corrected chi connectivity index (χ4v) is 4.08. The minimum atomic E-state index is -1.08. The summed E-state index contributed by atoms with van der Waals surface area (Å²) < 4.78 is 38.9. The number of carbonyl (C=O) groups is 1. The number of aromatic nitrogens is 1. The van der Waals surface area contributed by atoms with Crippen molar-refractivity contribution < 1.29 is 28.2 Å². The van der Waals surface area contributed by atoms with Crippen molar-refractivity contribution in [2.24, 2.45) is 0 Å². The molecule has 0 saturated heterocycles. The topological polar surface area (TPSA) is 94.7 Å². The van der Waals surface area contributed by atoms with Gasteiger partial charge in [0.1, 0.15) is 42.2 Å². The van der Waals surface area contributed by atoms with Crippen LogP contribution in [0.2, 0.25) is 0 Å². The molecule has 2 heterocycles. The zero-order valence-electron chi connectivity index (χ0n) is 16.0. The van der Waals surface area contributed by atoms with E-state index >= 15 is 0 Å². The summed E-state index contributed by atoms with van der Waals surface area (Å²) in [6.07, 6.45) is 1.24. The Morgan fingerprint density at radius 2 is 1.77 bits per heavy atom. The molecule has 2 aromatic heterocycles. The molecule has 6 nitrogen and oxygen atoms in total. The summed E-state index contributed by atoms with van der Waals surface area (Å²) in [6.45, 7) is -0.000681. The van der Waals surface area contributed by atoms with Crippen molar-refractivity contribution in [2.75, 3.05) is 5.73 Å². The number of benzene rings is 2. The third-order valence-electron chi connectivity index (χ3n) is 4.53. The van der Waals surface area contributed by atoms with E-state index in [-0.39, 0.29) is 30.2 Å². The van der Waals surface area contributed by atoms with Gasteiger partial charge in [-0.2, -0.15) is 0 Å². The monoisotopic (exact) mass is 442 g/mol. The molecule has 0 bridgehead atoms. The third kappa shape index (κ3) is 4.41. The van der Waals surface area contributed by atoms with Gasteiger partial charge in [0, 0.05) is 28.8 Å². The smallest absolute Gasteiger partial charge is 0.338 e. The highest BCUT2D eigenvalue weighted by atomic mass is 32.1. The van der Waals surface area contributed by atoms with Crippen LogP contribution >= 0.6 is 11.3 Å². The molecule has 0 unspecified atom stereocenters. The lowest BCUT2D eigenvalue weighted by Crippen LogP contribution is -2.02. The number of nitrogen functional groups attached to an aromatic ring is 1. The Morgan fingerprint density at radius 3 is 2.48 bits per heavy atom. The number of anilines is 1. The third-order valence-corrected chi connectivity index (χ3v) is 5.60. The van der Waals surface area contributed by atoms with Gasteiger partial charge < -0.3 is 20.3 Å². The Hall–Kier alpha value is -3.72. The molecule has 31 heavy (non-hydrogen) atoms. The first-order valence-electron chi connectivity index (χ1n) is 9.10. The summed E-state index contributed by atoms with van der Waals surface area (Å²) in [5.74, 6) is -1.03. The molecule has 0 amide bonds. The second-order valence-corrected chi connectivity index (χ2v) is 7.49. The fourth-order valence-electron chi connectivity index (χ4n) is 3.02. The van der Waals surface area contributed by atoms with Crippen LogP contribution in [0.25, 0.3) is 10.1 Å². The number of hydrogen-bond donors (Lipinski definition) is 2. The van der Waals surface area contributed by atoms with Crippen molar-refractivity contribution in [1.29, 1.82) is 0 Å². The van der Waals surface area contributed by atoms with Crippen LogP contribution in [0.3, 0.4) is 0 Å². The SMILES string of the molecule is Nc1ncc(C(=O)O)c2scc(COc3cccc(OCc4cc(F)ccc4F)c3)c12. The Kier molecular flexibility index (Phi) is 5.68. The number of halogens is 2. The van der Waals surface area contributed by atoms with E-state index in [1.807, 2.05) is 0 Å². The van der Waals surface area contributed by atoms with Crippen molar-refractivity contribution in [2.45, 2.75) is 13.2 Å². The zero-order chi connectivity index (χ0) is 22.0. The van der Waals surface area contributed by atoms with Crippen molar-refractivity contribution in [3.8, 4) is 11.5 Å². The molecular weight excluding hydrogens is 426 g/mol. The minimum absolute atomic E-state index is 0.0837. The Labute approximate surface area is 179 Å². The molecule has 0 atom stereocenters. The maximum Gasteiger partial charge on any atom is 0.338 e. The van der Waals surface area contributed by atoms with Crippen molar-refractivity contribution >= 4 is 33.2 Å². The summed E-state index contributed by atoms with van der Waals surface area (Å²) >= 11 is 1.26. The number of carboxylic acid groups (broad SMARTS) is 1. The number of nitrogens with two attached hydrogens (primary N) is 1. The molecule has 4 rings (SSSR count). The normalized spacial score (nSPS) is 10.9. The first kappa shape index (κ1) is 20.5. The second-order valence-electron chi connectivity index (χ2n) is 6.62. The largest absolute Gasteiger partial charge is 0.489 e. The van der Waals surface area contributed by atoms with Gasteiger partial charge in [-0.25, -0.2) is 18.6 Å². The number of fused-ring (bicyclic) bond motifs is 1. The zero-order valence-corrected chi connectivity index (χ0v) is 16.8. The Morgan fingerprint density at radius 1 is 1.06 bits per heavy atom. The number of hydrogen-bond acceptors (Lipinski definition) is 6. The van der Waals surface area contributed by atoms with E-state index in [1.165, 1.54) is 17.5 Å². The predicted molar refractivity (Wildman–Crippen MR) is 112 cm³/mol. The molecule has 0 aliphatic carbocycles. The molecule has 3 N–H and O–H groups in total. The van der Waals surface area contributed by atoms with Crippen LogP contribution in [-0.2, 0) is 13.2 Å². The summed E-state index contributed by atoms with van der Waals surface area (Å²) in [6, 6.07) is 9.89. The van der Waals surface area contributed by atoms with Gasteiger partial charge in [0.15, 0.2) is 0 Å². The van der Waals surface area contributed by atoms with Gasteiger partial charge in [-0.3, -0.25) is 0 Å². The quantitative estimate of drug-likeness (QED) is 0.418. The van der Waals surface area contributed by atoms with E-state index in [2.05, 4.69) is 4.98 Å². The van der Waals surface area contributed by atoms with Gasteiger partial charge in [-0.15, -0.1) is 11.3 Å². The van der Waals surface area contributed by atoms with Crippen LogP contribution in [0.1, 0.15) is 21.5 Å². The van der Waals surface area contributed by atoms with Crippen LogP contribution in [0.5, 0.6) is 11.5 Å². The number of nitrogens with zero attached hydrogens (tertiary/aromatic N) is 1. The highest BCUT2D eigenvalue weighted by Crippen LogP contribution is 2.33. The van der Waals surface area contributed by atoms with Crippen molar-refractivity contribution in [1.82, 2.24) is 4.98 Å². The van der Waals surface area contributed by atoms with E-state index in [0.717, 1.165) is 18.2 Å². The van der Waals surface area contributed by atoms with Gasteiger partial charge in [0.2, 0.25) is 0 Å². The molecule has 0 aliphatic rings. The average Bonchev–Trinajstić information content (AvgIpc) is 3.18. The number of aromatic carboxylic acids is 1. The number of thiophene rings is 1. The Bertz CT molecular complexity index is 1280. The summed E-state index contributed by atoms with van der Waals surface area (Å²) in [4.78, 5) is 15.4. The molecule has 0 fully saturated rings. The maximum atomic E-state index is 13.7. The molecule has 158 valence electrons. The van der Waals surface area contributed by atoms with Crippen molar-refractivity contribution in [3.63, 3.8) is 0 Å². The second kappa shape index (κ2) is 8.57. The Balaban J connectivity index is 1.48. The summed E-state index contributed by atoms with van der Waals surface area (Å²) in [5.41, 5.74) is 6.85. The van der Waals surface area contributed by atoms with Gasteiger partial charge in [0.25, 0.3) is 0 Å². The first-order chi connectivity index (χ1) is 14.9.